The molecule has 104 valence electrons. The predicted octanol–water partition coefficient (Wildman–Crippen LogP) is 1.14. The highest BCUT2D eigenvalue weighted by atomic mass is 16.2. The summed E-state index contributed by atoms with van der Waals surface area (Å²) < 4.78 is 0. The van der Waals surface area contributed by atoms with Crippen molar-refractivity contribution in [3.05, 3.63) is 23.5 Å². The number of nitrogens with zero attached hydrogens (tertiary/aromatic N) is 3. The van der Waals surface area contributed by atoms with Crippen molar-refractivity contribution in [2.24, 2.45) is 0 Å². The Bertz CT molecular complexity index is 473. The van der Waals surface area contributed by atoms with Gasteiger partial charge in [-0.15, -0.1) is 0 Å². The van der Waals surface area contributed by atoms with Crippen LogP contribution in [0.25, 0.3) is 0 Å². The van der Waals surface area contributed by atoms with E-state index < -0.39 is 0 Å². The third kappa shape index (κ3) is 3.04. The fourth-order valence-corrected chi connectivity index (χ4v) is 2.63. The lowest BCUT2D eigenvalue weighted by atomic mass is 10.1. The number of likely N-dealkylation sites (N-methyl/N-ethyl adjacent to an activating group) is 1. The topological polar surface area (TPSA) is 62.5 Å². The maximum atomic E-state index is 12.6. The summed E-state index contributed by atoms with van der Waals surface area (Å²) >= 11 is 0. The van der Waals surface area contributed by atoms with Gasteiger partial charge in [-0.1, -0.05) is 0 Å². The molecular weight excluding hydrogens is 240 g/mol. The molecule has 5 heteroatoms. The number of hydrogen-bond acceptors (Lipinski definition) is 4. The van der Waals surface area contributed by atoms with Crippen LogP contribution in [0.3, 0.4) is 0 Å². The second kappa shape index (κ2) is 5.57. The summed E-state index contributed by atoms with van der Waals surface area (Å²) in [5, 5.41) is 0. The van der Waals surface area contributed by atoms with Gasteiger partial charge in [-0.3, -0.25) is 9.78 Å². The minimum atomic E-state index is 0.00866. The van der Waals surface area contributed by atoms with Gasteiger partial charge < -0.3 is 15.5 Å². The van der Waals surface area contributed by atoms with E-state index in [9.17, 15) is 4.79 Å². The molecule has 1 aromatic heterocycles. The van der Waals surface area contributed by atoms with Crippen LogP contribution >= 0.6 is 0 Å². The molecule has 0 aromatic carbocycles. The lowest BCUT2D eigenvalue weighted by Crippen LogP contribution is -2.41. The molecule has 0 radical (unpaired) electrons. The van der Waals surface area contributed by atoms with Crippen LogP contribution in [0.4, 0.5) is 5.69 Å². The van der Waals surface area contributed by atoms with Gasteiger partial charge in [0.05, 0.1) is 5.56 Å². The predicted molar refractivity (Wildman–Crippen MR) is 76.0 cm³/mol. The molecule has 1 fully saturated rings. The average Bonchev–Trinajstić information content (AvgIpc) is 2.75. The number of carbonyl (C=O) groups is 1. The van der Waals surface area contributed by atoms with Crippen molar-refractivity contribution < 1.29 is 4.79 Å². The molecule has 1 aliphatic heterocycles. The number of amides is 1. The molecule has 5 nitrogen and oxygen atoms in total. The Hall–Kier alpha value is -1.62. The fraction of sp³-hybridized carbons (Fsp3) is 0.571. The Morgan fingerprint density at radius 3 is 2.95 bits per heavy atom. The maximum Gasteiger partial charge on any atom is 0.257 e. The van der Waals surface area contributed by atoms with Gasteiger partial charge in [-0.05, 0) is 39.9 Å². The fourth-order valence-electron chi connectivity index (χ4n) is 2.63. The molecule has 1 unspecified atom stereocenters. The Balaban J connectivity index is 2.18. The summed E-state index contributed by atoms with van der Waals surface area (Å²) in [7, 11) is 4.06. The molecular formula is C14H22N4O. The first-order valence-corrected chi connectivity index (χ1v) is 6.67. The molecule has 2 heterocycles. The normalized spacial score (nSPS) is 19.2. The second-order valence-corrected chi connectivity index (χ2v) is 5.47. The van der Waals surface area contributed by atoms with E-state index in [0.717, 1.165) is 31.6 Å². The highest BCUT2D eigenvalue weighted by molar-refractivity contribution is 5.99. The van der Waals surface area contributed by atoms with Crippen molar-refractivity contribution in [2.75, 3.05) is 32.9 Å². The maximum absolute atomic E-state index is 12.6. The summed E-state index contributed by atoms with van der Waals surface area (Å²) in [5.41, 5.74) is 7.82. The highest BCUT2D eigenvalue weighted by Crippen LogP contribution is 2.22. The Morgan fingerprint density at radius 2 is 2.32 bits per heavy atom. The first kappa shape index (κ1) is 13.8. The number of nitrogen functional groups attached to an aromatic ring is 1. The van der Waals surface area contributed by atoms with Crippen LogP contribution in [0.5, 0.6) is 0 Å². The molecule has 0 saturated carbocycles. The summed E-state index contributed by atoms with van der Waals surface area (Å²) in [6.07, 6.45) is 3.71. The second-order valence-electron chi connectivity index (χ2n) is 5.47. The first-order valence-electron chi connectivity index (χ1n) is 6.67. The number of rotatable bonds is 3. The van der Waals surface area contributed by atoms with Crippen molar-refractivity contribution in [2.45, 2.75) is 25.8 Å². The van der Waals surface area contributed by atoms with E-state index in [2.05, 4.69) is 9.88 Å². The van der Waals surface area contributed by atoms with E-state index in [4.69, 9.17) is 5.73 Å². The average molecular weight is 262 g/mol. The van der Waals surface area contributed by atoms with Crippen LogP contribution in [0.15, 0.2) is 12.3 Å². The molecule has 1 saturated heterocycles. The smallest absolute Gasteiger partial charge is 0.257 e. The van der Waals surface area contributed by atoms with E-state index in [0.29, 0.717) is 11.3 Å². The van der Waals surface area contributed by atoms with E-state index in [1.807, 2.05) is 25.9 Å². The quantitative estimate of drug-likeness (QED) is 0.887. The molecule has 2 rings (SSSR count). The number of aryl methyl sites for hydroxylation is 1. The number of likely N-dealkylation sites (tertiary alicyclic amines) is 1. The lowest BCUT2D eigenvalue weighted by Gasteiger charge is -2.27. The van der Waals surface area contributed by atoms with Crippen molar-refractivity contribution in [3.8, 4) is 0 Å². The number of pyridine rings is 1. The molecule has 1 aliphatic rings. The summed E-state index contributed by atoms with van der Waals surface area (Å²) in [4.78, 5) is 20.8. The van der Waals surface area contributed by atoms with E-state index in [-0.39, 0.29) is 11.9 Å². The third-order valence-corrected chi connectivity index (χ3v) is 3.52. The van der Waals surface area contributed by atoms with Gasteiger partial charge in [0.25, 0.3) is 5.91 Å². The van der Waals surface area contributed by atoms with E-state index in [1.165, 1.54) is 0 Å². The van der Waals surface area contributed by atoms with Gasteiger partial charge in [-0.25, -0.2) is 0 Å². The van der Waals surface area contributed by atoms with E-state index >= 15 is 0 Å². The van der Waals surface area contributed by atoms with Gasteiger partial charge in [-0.2, -0.15) is 0 Å². The summed E-state index contributed by atoms with van der Waals surface area (Å²) in [5.74, 6) is 0.00866. The SMILES string of the molecule is Cc1cc(N)c(C(=O)N2CCCC2CN(C)C)cn1. The van der Waals surface area contributed by atoms with Crippen LogP contribution in [-0.2, 0) is 0 Å². The minimum Gasteiger partial charge on any atom is -0.398 e. The van der Waals surface area contributed by atoms with Crippen LogP contribution in [-0.4, -0.2) is 53.9 Å². The minimum absolute atomic E-state index is 0.00866. The van der Waals surface area contributed by atoms with Crippen LogP contribution in [0, 0.1) is 6.92 Å². The molecule has 2 N–H and O–H groups in total. The summed E-state index contributed by atoms with van der Waals surface area (Å²) in [6.45, 7) is 3.57. The van der Waals surface area contributed by atoms with Crippen molar-refractivity contribution in [3.63, 3.8) is 0 Å². The lowest BCUT2D eigenvalue weighted by molar-refractivity contribution is 0.0717. The third-order valence-electron chi connectivity index (χ3n) is 3.52. The van der Waals surface area contributed by atoms with Gasteiger partial charge in [0, 0.05) is 36.7 Å². The first-order chi connectivity index (χ1) is 8.99. The molecule has 0 aliphatic carbocycles. The number of aromatic nitrogens is 1. The number of anilines is 1. The van der Waals surface area contributed by atoms with Gasteiger partial charge >= 0.3 is 0 Å². The van der Waals surface area contributed by atoms with Crippen molar-refractivity contribution in [1.29, 1.82) is 0 Å². The number of hydrogen-bond donors (Lipinski definition) is 1. The van der Waals surface area contributed by atoms with Gasteiger partial charge in [0.15, 0.2) is 0 Å². The van der Waals surface area contributed by atoms with Crippen LogP contribution < -0.4 is 5.73 Å². The Labute approximate surface area is 114 Å². The molecule has 0 bridgehead atoms. The van der Waals surface area contributed by atoms with Gasteiger partial charge in [0.2, 0.25) is 0 Å². The monoisotopic (exact) mass is 262 g/mol. The summed E-state index contributed by atoms with van der Waals surface area (Å²) in [6, 6.07) is 2.03. The number of carbonyl (C=O) groups excluding carboxylic acids is 1. The molecule has 1 aromatic rings. The zero-order valence-electron chi connectivity index (χ0n) is 11.9. The molecule has 19 heavy (non-hydrogen) atoms. The van der Waals surface area contributed by atoms with Crippen LogP contribution in [0.1, 0.15) is 28.9 Å². The molecule has 1 atom stereocenters. The number of nitrogens with two attached hydrogens (primary N) is 1. The van der Waals surface area contributed by atoms with Crippen LogP contribution in [0.2, 0.25) is 0 Å². The standard InChI is InChI=1S/C14H22N4O/c1-10-7-13(15)12(8-16-10)14(19)18-6-4-5-11(18)9-17(2)3/h7-8,11H,4-6,9H2,1-3H3,(H2,15,16). The zero-order chi connectivity index (χ0) is 14.0. The zero-order valence-corrected chi connectivity index (χ0v) is 11.9. The molecule has 0 spiro atoms. The Kier molecular flexibility index (Phi) is 4.04. The van der Waals surface area contributed by atoms with Crippen molar-refractivity contribution in [1.82, 2.24) is 14.8 Å². The Morgan fingerprint density at radius 1 is 1.58 bits per heavy atom. The van der Waals surface area contributed by atoms with Crippen molar-refractivity contribution >= 4 is 11.6 Å². The van der Waals surface area contributed by atoms with Gasteiger partial charge in [0.1, 0.15) is 0 Å². The van der Waals surface area contributed by atoms with E-state index in [1.54, 1.807) is 12.3 Å². The largest absolute Gasteiger partial charge is 0.398 e. The molecule has 1 amide bonds. The highest BCUT2D eigenvalue weighted by Gasteiger charge is 2.30.